The molecule has 6 nitrogen and oxygen atoms in total. The molecular formula is C31H22N6S. The third-order valence-corrected chi connectivity index (χ3v) is 7.16. The molecule has 38 heavy (non-hydrogen) atoms. The topological polar surface area (TPSA) is 78.9 Å². The molecule has 0 bridgehead atoms. The minimum atomic E-state index is 0.447. The summed E-state index contributed by atoms with van der Waals surface area (Å²) >= 11 is 1.51. The number of benzene rings is 4. The summed E-state index contributed by atoms with van der Waals surface area (Å²) in [7, 11) is 0. The molecule has 0 radical (unpaired) electrons. The monoisotopic (exact) mass is 510 g/mol. The predicted molar refractivity (Wildman–Crippen MR) is 153 cm³/mol. The quantitative estimate of drug-likeness (QED) is 0.255. The minimum absolute atomic E-state index is 0.447. The van der Waals surface area contributed by atoms with E-state index in [-0.39, 0.29) is 0 Å². The van der Waals surface area contributed by atoms with Crippen LogP contribution in [0.25, 0.3) is 38.5 Å². The fraction of sp³-hybridized carbons (Fsp3) is 0.0323. The SMILES string of the molecule is Cc1ccc(-n2nc(-c3nc4ccccc4s/c3=N/Nc3ccccc3)c(C#N)c2-c2ccccc2)cc1. The average Bonchev–Trinajstić information content (AvgIpc) is 3.36. The number of aryl methyl sites for hydroxylation is 1. The van der Waals surface area contributed by atoms with E-state index in [9.17, 15) is 5.26 Å². The highest BCUT2D eigenvalue weighted by Crippen LogP contribution is 2.33. The number of hydrogen-bond donors (Lipinski definition) is 1. The van der Waals surface area contributed by atoms with Gasteiger partial charge in [-0.1, -0.05) is 78.4 Å². The average molecular weight is 511 g/mol. The Morgan fingerprint density at radius 1 is 0.816 bits per heavy atom. The van der Waals surface area contributed by atoms with E-state index in [1.165, 1.54) is 11.3 Å². The van der Waals surface area contributed by atoms with E-state index in [1.54, 1.807) is 0 Å². The van der Waals surface area contributed by atoms with Crippen LogP contribution in [-0.4, -0.2) is 14.8 Å². The lowest BCUT2D eigenvalue weighted by atomic mass is 10.0. The number of para-hydroxylation sites is 2. The van der Waals surface area contributed by atoms with Crippen LogP contribution >= 0.6 is 11.3 Å². The van der Waals surface area contributed by atoms with E-state index in [4.69, 9.17) is 15.2 Å². The Labute approximate surface area is 223 Å². The van der Waals surface area contributed by atoms with E-state index < -0.39 is 0 Å². The molecule has 2 aromatic heterocycles. The van der Waals surface area contributed by atoms with Gasteiger partial charge in [0.2, 0.25) is 0 Å². The van der Waals surface area contributed by atoms with Crippen LogP contribution in [-0.2, 0) is 0 Å². The maximum absolute atomic E-state index is 10.5. The van der Waals surface area contributed by atoms with Crippen LogP contribution in [0.3, 0.4) is 0 Å². The fourth-order valence-electron chi connectivity index (χ4n) is 4.24. The molecule has 0 amide bonds. The third-order valence-electron chi connectivity index (χ3n) is 6.11. The zero-order valence-electron chi connectivity index (χ0n) is 20.5. The smallest absolute Gasteiger partial charge is 0.165 e. The molecule has 0 aliphatic heterocycles. The van der Waals surface area contributed by atoms with Gasteiger partial charge in [-0.2, -0.15) is 15.5 Å². The summed E-state index contributed by atoms with van der Waals surface area (Å²) in [6.07, 6.45) is 0. The van der Waals surface area contributed by atoms with Gasteiger partial charge in [-0.05, 0) is 43.3 Å². The fourth-order valence-corrected chi connectivity index (χ4v) is 5.14. The maximum Gasteiger partial charge on any atom is 0.165 e. The summed E-state index contributed by atoms with van der Waals surface area (Å²) in [5, 5.41) is 20.2. The number of nitrogens with one attached hydrogen (secondary N) is 1. The Hall–Kier alpha value is -5.06. The first-order chi connectivity index (χ1) is 18.7. The highest BCUT2D eigenvalue weighted by Gasteiger charge is 2.24. The number of nitriles is 1. The molecule has 0 aliphatic rings. The maximum atomic E-state index is 10.5. The van der Waals surface area contributed by atoms with Crippen LogP contribution in [0.4, 0.5) is 5.69 Å². The molecule has 0 saturated heterocycles. The zero-order valence-corrected chi connectivity index (χ0v) is 21.4. The van der Waals surface area contributed by atoms with Gasteiger partial charge in [-0.25, -0.2) is 9.67 Å². The van der Waals surface area contributed by atoms with Gasteiger partial charge in [0.15, 0.2) is 4.67 Å². The number of rotatable bonds is 5. The van der Waals surface area contributed by atoms with Crippen molar-refractivity contribution in [3.63, 3.8) is 0 Å². The van der Waals surface area contributed by atoms with Crippen LogP contribution in [0.1, 0.15) is 11.1 Å². The second kappa shape index (κ2) is 10.1. The molecular weight excluding hydrogens is 488 g/mol. The molecule has 6 aromatic rings. The molecule has 0 atom stereocenters. The Kier molecular flexibility index (Phi) is 6.22. The second-order valence-corrected chi connectivity index (χ2v) is 9.75. The molecule has 7 heteroatoms. The van der Waals surface area contributed by atoms with Gasteiger partial charge in [0.25, 0.3) is 0 Å². The Bertz CT molecular complexity index is 1850. The third kappa shape index (κ3) is 4.45. The van der Waals surface area contributed by atoms with Crippen LogP contribution < -0.4 is 10.1 Å². The Morgan fingerprint density at radius 3 is 2.24 bits per heavy atom. The second-order valence-electron chi connectivity index (χ2n) is 8.72. The summed E-state index contributed by atoms with van der Waals surface area (Å²) in [4.78, 5) is 4.97. The molecule has 1 N–H and O–H groups in total. The number of fused-ring (bicyclic) bond motifs is 1. The van der Waals surface area contributed by atoms with E-state index in [2.05, 4.69) is 11.5 Å². The first-order valence-corrected chi connectivity index (χ1v) is 12.9. The van der Waals surface area contributed by atoms with Gasteiger partial charge in [0.1, 0.15) is 23.0 Å². The first kappa shape index (κ1) is 23.3. The molecule has 0 unspecified atom stereocenters. The van der Waals surface area contributed by atoms with Crippen LogP contribution in [0.15, 0.2) is 114 Å². The van der Waals surface area contributed by atoms with E-state index >= 15 is 0 Å². The van der Waals surface area contributed by atoms with Gasteiger partial charge in [0, 0.05) is 5.56 Å². The molecule has 4 aromatic carbocycles. The summed E-state index contributed by atoms with van der Waals surface area (Å²) in [5.41, 5.74) is 9.93. The van der Waals surface area contributed by atoms with Crippen LogP contribution in [0.5, 0.6) is 0 Å². The minimum Gasteiger partial charge on any atom is -0.277 e. The molecule has 0 aliphatic carbocycles. The van der Waals surface area contributed by atoms with Crippen molar-refractivity contribution in [1.82, 2.24) is 14.8 Å². The van der Waals surface area contributed by atoms with Crippen molar-refractivity contribution in [2.75, 3.05) is 5.43 Å². The van der Waals surface area contributed by atoms with Gasteiger partial charge >= 0.3 is 0 Å². The number of anilines is 1. The Morgan fingerprint density at radius 2 is 1.50 bits per heavy atom. The lowest BCUT2D eigenvalue weighted by molar-refractivity contribution is 0.889. The molecule has 182 valence electrons. The van der Waals surface area contributed by atoms with E-state index in [0.29, 0.717) is 27.3 Å². The summed E-state index contributed by atoms with van der Waals surface area (Å²) in [5.74, 6) is 0. The largest absolute Gasteiger partial charge is 0.277 e. The van der Waals surface area contributed by atoms with Gasteiger partial charge in [-0.15, -0.1) is 11.3 Å². The van der Waals surface area contributed by atoms with Gasteiger partial charge in [-0.3, -0.25) is 5.43 Å². The van der Waals surface area contributed by atoms with E-state index in [0.717, 1.165) is 32.7 Å². The van der Waals surface area contributed by atoms with Crippen molar-refractivity contribution in [3.05, 3.63) is 125 Å². The first-order valence-electron chi connectivity index (χ1n) is 12.1. The van der Waals surface area contributed by atoms with Gasteiger partial charge < -0.3 is 0 Å². The summed E-state index contributed by atoms with van der Waals surface area (Å²) in [6.45, 7) is 2.05. The highest BCUT2D eigenvalue weighted by molar-refractivity contribution is 7.16. The molecule has 0 saturated carbocycles. The normalized spacial score (nSPS) is 11.4. The number of hydrogen-bond acceptors (Lipinski definition) is 6. The highest BCUT2D eigenvalue weighted by atomic mass is 32.1. The van der Waals surface area contributed by atoms with Crippen molar-refractivity contribution in [2.45, 2.75) is 6.92 Å². The standard InChI is InChI=1S/C31H22N6S/c1-21-16-18-24(19-17-21)37-30(22-10-4-2-5-11-22)25(20-32)28(36-37)29-31(35-34-23-12-6-3-7-13-23)38-27-15-9-8-14-26(27)33-29/h2-19,34H,1H3/b35-31+. The summed E-state index contributed by atoms with van der Waals surface area (Å²) in [6, 6.07) is 38.1. The predicted octanol–water partition coefficient (Wildman–Crippen LogP) is 6.92. The molecule has 0 fully saturated rings. The lowest BCUT2D eigenvalue weighted by Gasteiger charge is -2.08. The van der Waals surface area contributed by atoms with Crippen molar-refractivity contribution in [3.8, 4) is 34.4 Å². The van der Waals surface area contributed by atoms with Crippen LogP contribution in [0.2, 0.25) is 0 Å². The number of nitrogens with zero attached hydrogens (tertiary/aromatic N) is 5. The molecule has 6 rings (SSSR count). The van der Waals surface area contributed by atoms with Crippen molar-refractivity contribution in [1.29, 1.82) is 5.26 Å². The Balaban J connectivity index is 1.64. The summed E-state index contributed by atoms with van der Waals surface area (Å²) < 4.78 is 3.46. The van der Waals surface area contributed by atoms with Crippen molar-refractivity contribution < 1.29 is 0 Å². The molecule has 2 heterocycles. The zero-order chi connectivity index (χ0) is 25.9. The lowest BCUT2D eigenvalue weighted by Crippen LogP contribution is -2.10. The molecule has 0 spiro atoms. The van der Waals surface area contributed by atoms with E-state index in [1.807, 2.05) is 121 Å². The van der Waals surface area contributed by atoms with Gasteiger partial charge in [0.05, 0.1) is 27.3 Å². The van der Waals surface area contributed by atoms with Crippen LogP contribution in [0, 0.1) is 18.3 Å². The van der Waals surface area contributed by atoms with Crippen molar-refractivity contribution in [2.24, 2.45) is 5.10 Å². The van der Waals surface area contributed by atoms with Crippen molar-refractivity contribution >= 4 is 27.2 Å². The number of aromatic nitrogens is 3.